The maximum atomic E-state index is 7.48. The summed E-state index contributed by atoms with van der Waals surface area (Å²) >= 11 is 15.0. The van der Waals surface area contributed by atoms with Gasteiger partial charge in [0.1, 0.15) is 0 Å². The molecule has 0 bridgehead atoms. The fourth-order valence-corrected chi connectivity index (χ4v) is 23.5. The van der Waals surface area contributed by atoms with Crippen molar-refractivity contribution in [2.75, 3.05) is 0 Å². The van der Waals surface area contributed by atoms with Gasteiger partial charge in [0.15, 0.2) is 14.8 Å². The molecule has 0 rings (SSSR count). The smallest absolute Gasteiger partial charge is 0.165 e. The highest BCUT2D eigenvalue weighted by atomic mass is 35.6. The molecule has 0 nitrogen and oxygen atoms in total. The number of rotatable bonds is 2. The standard InChI is InChI=1S/C17H38Cl2Si2/c1-14(2,3)20(18,15(4,5)6)13-21(19,16(7,8)9)17(10,11)12/h13H2,1-12H3. The van der Waals surface area contributed by atoms with E-state index in [9.17, 15) is 0 Å². The fraction of sp³-hybridized carbons (Fsp3) is 1.00. The summed E-state index contributed by atoms with van der Waals surface area (Å²) in [5, 5.41) is 0.541. The monoisotopic (exact) mass is 368 g/mol. The minimum absolute atomic E-state index is 0.135. The van der Waals surface area contributed by atoms with Crippen LogP contribution in [0.5, 0.6) is 0 Å². The van der Waals surface area contributed by atoms with Crippen molar-refractivity contribution in [3.05, 3.63) is 0 Å². The van der Waals surface area contributed by atoms with Crippen LogP contribution in [0.1, 0.15) is 83.1 Å². The largest absolute Gasteiger partial charge is 0.166 e. The first-order valence-corrected chi connectivity index (χ1v) is 14.5. The van der Waals surface area contributed by atoms with E-state index >= 15 is 0 Å². The molecule has 0 amide bonds. The first kappa shape index (κ1) is 22.0. The van der Waals surface area contributed by atoms with Crippen molar-refractivity contribution >= 4 is 36.9 Å². The molecular formula is C17H38Cl2Si2. The second kappa shape index (κ2) is 5.82. The lowest BCUT2D eigenvalue weighted by atomic mass is 10.2. The van der Waals surface area contributed by atoms with Crippen molar-refractivity contribution in [2.24, 2.45) is 0 Å². The van der Waals surface area contributed by atoms with Gasteiger partial charge in [0, 0.05) is 0 Å². The molecule has 0 saturated heterocycles. The quantitative estimate of drug-likeness (QED) is 0.341. The molecule has 0 aromatic carbocycles. The van der Waals surface area contributed by atoms with E-state index in [1.54, 1.807) is 0 Å². The molecule has 0 saturated carbocycles. The predicted octanol–water partition coefficient (Wildman–Crippen LogP) is 8.09. The molecule has 0 heterocycles. The van der Waals surface area contributed by atoms with E-state index < -0.39 is 14.8 Å². The molecule has 0 aliphatic heterocycles. The molecule has 0 N–H and O–H groups in total. The highest BCUT2D eigenvalue weighted by Gasteiger charge is 2.62. The molecule has 0 radical (unpaired) electrons. The summed E-state index contributed by atoms with van der Waals surface area (Å²) in [5.74, 6) is 0. The van der Waals surface area contributed by atoms with Gasteiger partial charge in [0.25, 0.3) is 0 Å². The van der Waals surface area contributed by atoms with Crippen molar-refractivity contribution < 1.29 is 0 Å². The van der Waals surface area contributed by atoms with Crippen LogP contribution < -0.4 is 0 Å². The van der Waals surface area contributed by atoms with Crippen LogP contribution in [0.15, 0.2) is 0 Å². The molecule has 0 spiro atoms. The zero-order chi connectivity index (χ0) is 17.7. The highest BCUT2D eigenvalue weighted by Crippen LogP contribution is 2.64. The normalized spacial score (nSPS) is 16.3. The molecular weight excluding hydrogens is 331 g/mol. The topological polar surface area (TPSA) is 0 Å². The molecule has 0 fully saturated rings. The Kier molecular flexibility index (Phi) is 6.11. The number of hydrogen-bond acceptors (Lipinski definition) is 0. The molecule has 0 unspecified atom stereocenters. The molecule has 128 valence electrons. The molecule has 0 aromatic rings. The summed E-state index contributed by atoms with van der Waals surface area (Å²) in [7, 11) is -4.21. The minimum Gasteiger partial charge on any atom is -0.166 e. The summed E-state index contributed by atoms with van der Waals surface area (Å²) in [5.41, 5.74) is 1.06. The SMILES string of the molecule is CC(C)(C)[Si](Cl)(C[Si](Cl)(C(C)(C)C)C(C)(C)C)C(C)(C)C. The van der Waals surface area contributed by atoms with Gasteiger partial charge in [0.2, 0.25) is 0 Å². The molecule has 0 aliphatic carbocycles. The van der Waals surface area contributed by atoms with E-state index in [4.69, 9.17) is 22.2 Å². The van der Waals surface area contributed by atoms with Crippen LogP contribution in [0.4, 0.5) is 0 Å². The third-order valence-electron chi connectivity index (χ3n) is 5.24. The third kappa shape index (κ3) is 4.11. The lowest BCUT2D eigenvalue weighted by Gasteiger charge is -2.55. The van der Waals surface area contributed by atoms with Crippen LogP contribution in [0.3, 0.4) is 0 Å². The van der Waals surface area contributed by atoms with Crippen molar-refractivity contribution in [3.8, 4) is 0 Å². The lowest BCUT2D eigenvalue weighted by Crippen LogP contribution is -2.58. The van der Waals surface area contributed by atoms with Crippen LogP contribution in [0.25, 0.3) is 0 Å². The summed E-state index contributed by atoms with van der Waals surface area (Å²) in [6, 6.07) is 0. The second-order valence-electron chi connectivity index (χ2n) is 10.8. The Balaban J connectivity index is 6.15. The molecule has 4 heteroatoms. The third-order valence-corrected chi connectivity index (χ3v) is 27.9. The summed E-state index contributed by atoms with van der Waals surface area (Å²) in [6.07, 6.45) is 0. The van der Waals surface area contributed by atoms with Gasteiger partial charge in [-0.1, -0.05) is 83.1 Å². The van der Waals surface area contributed by atoms with Crippen molar-refractivity contribution in [1.82, 2.24) is 0 Å². The van der Waals surface area contributed by atoms with Crippen LogP contribution in [-0.4, -0.2) is 14.8 Å². The van der Waals surface area contributed by atoms with Crippen molar-refractivity contribution in [1.29, 1.82) is 0 Å². The van der Waals surface area contributed by atoms with Gasteiger partial charge in [-0.05, 0) is 25.8 Å². The van der Waals surface area contributed by atoms with Gasteiger partial charge in [-0.2, -0.15) is 22.2 Å². The molecule has 21 heavy (non-hydrogen) atoms. The lowest BCUT2D eigenvalue weighted by molar-refractivity contribution is 0.611. The summed E-state index contributed by atoms with van der Waals surface area (Å²) < 4.78 is 0. The van der Waals surface area contributed by atoms with Gasteiger partial charge in [-0.15, -0.1) is 0 Å². The summed E-state index contributed by atoms with van der Waals surface area (Å²) in [4.78, 5) is 0. The zero-order valence-corrected chi connectivity index (χ0v) is 20.0. The maximum Gasteiger partial charge on any atom is 0.165 e. The van der Waals surface area contributed by atoms with Crippen molar-refractivity contribution in [2.45, 2.75) is 109 Å². The number of halogens is 2. The number of hydrogen-bond donors (Lipinski definition) is 0. The summed E-state index contributed by atoms with van der Waals surface area (Å²) in [6.45, 7) is 27.8. The van der Waals surface area contributed by atoms with E-state index in [0.29, 0.717) is 0 Å². The minimum atomic E-state index is -2.11. The van der Waals surface area contributed by atoms with Crippen LogP contribution in [0, 0.1) is 0 Å². The van der Waals surface area contributed by atoms with Gasteiger partial charge in [-0.25, -0.2) is 0 Å². The predicted molar refractivity (Wildman–Crippen MR) is 107 cm³/mol. The Morgan fingerprint density at radius 3 is 0.714 bits per heavy atom. The first-order chi connectivity index (χ1) is 8.71. The van der Waals surface area contributed by atoms with Gasteiger partial charge >= 0.3 is 0 Å². The Morgan fingerprint density at radius 2 is 0.619 bits per heavy atom. The van der Waals surface area contributed by atoms with Crippen LogP contribution in [0.2, 0.25) is 25.8 Å². The van der Waals surface area contributed by atoms with Gasteiger partial charge in [0.05, 0.1) is 0 Å². The Morgan fingerprint density at radius 1 is 0.476 bits per heavy atom. The Labute approximate surface area is 145 Å². The first-order valence-electron chi connectivity index (χ1n) is 8.09. The molecule has 0 aromatic heterocycles. The van der Waals surface area contributed by atoms with E-state index in [1.807, 2.05) is 0 Å². The van der Waals surface area contributed by atoms with E-state index in [-0.39, 0.29) is 20.2 Å². The van der Waals surface area contributed by atoms with E-state index in [2.05, 4.69) is 83.1 Å². The fourth-order valence-electron chi connectivity index (χ4n) is 3.65. The van der Waals surface area contributed by atoms with Gasteiger partial charge in [-0.3, -0.25) is 0 Å². The molecule has 0 aliphatic rings. The maximum absolute atomic E-state index is 7.48. The van der Waals surface area contributed by atoms with Crippen molar-refractivity contribution in [3.63, 3.8) is 0 Å². The average molecular weight is 370 g/mol. The van der Waals surface area contributed by atoms with Crippen LogP contribution >= 0.6 is 22.2 Å². The second-order valence-corrected chi connectivity index (χ2v) is 25.3. The average Bonchev–Trinajstić information content (AvgIpc) is 2.09. The van der Waals surface area contributed by atoms with Gasteiger partial charge < -0.3 is 0 Å². The Hall–Kier alpha value is 1.01. The Bertz CT molecular complexity index is 298. The molecule has 0 atom stereocenters. The van der Waals surface area contributed by atoms with Crippen LogP contribution in [-0.2, 0) is 0 Å². The zero-order valence-electron chi connectivity index (χ0n) is 16.5. The van der Waals surface area contributed by atoms with E-state index in [0.717, 1.165) is 5.67 Å². The highest BCUT2D eigenvalue weighted by molar-refractivity contribution is 7.35. The van der Waals surface area contributed by atoms with E-state index in [1.165, 1.54) is 0 Å².